The summed E-state index contributed by atoms with van der Waals surface area (Å²) in [6.07, 6.45) is 1.66. The molecule has 3 heterocycles. The van der Waals surface area contributed by atoms with Crippen LogP contribution in [0.5, 0.6) is 0 Å². The van der Waals surface area contributed by atoms with E-state index in [4.69, 9.17) is 4.98 Å². The van der Waals surface area contributed by atoms with Gasteiger partial charge in [-0.05, 0) is 37.6 Å². The Morgan fingerprint density at radius 1 is 1.03 bits per heavy atom. The minimum absolute atomic E-state index is 0.0684. The first-order chi connectivity index (χ1) is 15.2. The van der Waals surface area contributed by atoms with E-state index in [0.717, 1.165) is 46.8 Å². The fraction of sp³-hybridized carbons (Fsp3) is 0.240. The molecule has 1 fully saturated rings. The van der Waals surface area contributed by atoms with Crippen molar-refractivity contribution in [3.63, 3.8) is 0 Å². The number of carbonyl (C=O) groups is 1. The quantitative estimate of drug-likeness (QED) is 0.465. The van der Waals surface area contributed by atoms with Crippen LogP contribution < -0.4 is 5.56 Å². The number of thiophene rings is 1. The Morgan fingerprint density at radius 3 is 2.42 bits per heavy atom. The van der Waals surface area contributed by atoms with E-state index in [1.807, 2.05) is 66.7 Å². The third-order valence-corrected chi connectivity index (χ3v) is 6.98. The standard InChI is InChI=1S/C25H23N3O2S/c29-23(18-9-5-2-6-10-18)19-11-13-28(14-12-19)16-22-26-24(30)20-15-21(31-25(20)27-22)17-7-3-1-4-8-17/h1-10,15,19H,11-14,16H2,(H,26,27,30). The van der Waals surface area contributed by atoms with Crippen LogP contribution in [-0.2, 0) is 6.54 Å². The van der Waals surface area contributed by atoms with Gasteiger partial charge in [-0.15, -0.1) is 11.3 Å². The molecule has 5 nitrogen and oxygen atoms in total. The number of H-pyrrole nitrogens is 1. The zero-order valence-corrected chi connectivity index (χ0v) is 17.9. The number of rotatable bonds is 5. The van der Waals surface area contributed by atoms with Crippen molar-refractivity contribution in [2.75, 3.05) is 13.1 Å². The summed E-state index contributed by atoms with van der Waals surface area (Å²) in [4.78, 5) is 37.1. The molecule has 0 aliphatic carbocycles. The number of piperidine rings is 1. The van der Waals surface area contributed by atoms with Crippen molar-refractivity contribution >= 4 is 27.3 Å². The monoisotopic (exact) mass is 429 g/mol. The van der Waals surface area contributed by atoms with Gasteiger partial charge in [0.15, 0.2) is 5.78 Å². The van der Waals surface area contributed by atoms with Crippen LogP contribution in [0.1, 0.15) is 29.0 Å². The maximum atomic E-state index is 12.7. The third-order valence-electron chi connectivity index (χ3n) is 5.90. The van der Waals surface area contributed by atoms with Gasteiger partial charge in [0.25, 0.3) is 5.56 Å². The molecule has 5 rings (SSSR count). The Hall–Kier alpha value is -3.09. The van der Waals surface area contributed by atoms with Crippen LogP contribution in [-0.4, -0.2) is 33.7 Å². The van der Waals surface area contributed by atoms with Crippen molar-refractivity contribution in [1.82, 2.24) is 14.9 Å². The van der Waals surface area contributed by atoms with E-state index in [1.165, 1.54) is 0 Å². The Kier molecular flexibility index (Phi) is 5.49. The van der Waals surface area contributed by atoms with Gasteiger partial charge in [-0.2, -0.15) is 0 Å². The summed E-state index contributed by atoms with van der Waals surface area (Å²) < 4.78 is 0. The first kappa shape index (κ1) is 19.8. The highest BCUT2D eigenvalue weighted by atomic mass is 32.1. The molecule has 0 radical (unpaired) electrons. The summed E-state index contributed by atoms with van der Waals surface area (Å²) in [7, 11) is 0. The summed E-state index contributed by atoms with van der Waals surface area (Å²) in [5.74, 6) is 0.992. The van der Waals surface area contributed by atoms with Gasteiger partial charge >= 0.3 is 0 Å². The Labute approximate surface area is 184 Å². The van der Waals surface area contributed by atoms with Crippen LogP contribution in [0.25, 0.3) is 20.7 Å². The Morgan fingerprint density at radius 2 is 1.71 bits per heavy atom. The number of Topliss-reactive ketones (excluding diaryl/α,β-unsaturated/α-hetero) is 1. The fourth-order valence-electron chi connectivity index (χ4n) is 4.20. The zero-order valence-electron chi connectivity index (χ0n) is 17.1. The molecule has 1 N–H and O–H groups in total. The average molecular weight is 430 g/mol. The van der Waals surface area contributed by atoms with E-state index >= 15 is 0 Å². The van der Waals surface area contributed by atoms with Crippen LogP contribution in [0.3, 0.4) is 0 Å². The van der Waals surface area contributed by atoms with Crippen molar-refractivity contribution in [1.29, 1.82) is 0 Å². The fourth-order valence-corrected chi connectivity index (χ4v) is 5.26. The van der Waals surface area contributed by atoms with Crippen LogP contribution in [0.15, 0.2) is 71.5 Å². The number of likely N-dealkylation sites (tertiary alicyclic amines) is 1. The van der Waals surface area contributed by atoms with Crippen LogP contribution in [0.4, 0.5) is 0 Å². The molecule has 2 aromatic carbocycles. The van der Waals surface area contributed by atoms with Gasteiger partial charge in [0.1, 0.15) is 10.7 Å². The highest BCUT2D eigenvalue weighted by molar-refractivity contribution is 7.21. The van der Waals surface area contributed by atoms with Gasteiger partial charge in [0, 0.05) is 16.4 Å². The van der Waals surface area contributed by atoms with Crippen molar-refractivity contribution < 1.29 is 4.79 Å². The minimum Gasteiger partial charge on any atom is -0.309 e. The van der Waals surface area contributed by atoms with Gasteiger partial charge in [0.05, 0.1) is 11.9 Å². The minimum atomic E-state index is -0.0902. The van der Waals surface area contributed by atoms with Gasteiger partial charge in [-0.3, -0.25) is 14.5 Å². The molecule has 4 aromatic rings. The van der Waals surface area contributed by atoms with E-state index in [1.54, 1.807) is 11.3 Å². The number of benzene rings is 2. The second-order valence-electron chi connectivity index (χ2n) is 7.99. The van der Waals surface area contributed by atoms with Crippen molar-refractivity contribution in [2.24, 2.45) is 5.92 Å². The number of hydrogen-bond donors (Lipinski definition) is 1. The number of aromatic nitrogens is 2. The smallest absolute Gasteiger partial charge is 0.259 e. The molecule has 1 aliphatic heterocycles. The predicted octanol–water partition coefficient (Wildman–Crippen LogP) is 4.75. The van der Waals surface area contributed by atoms with Gasteiger partial charge in [0.2, 0.25) is 0 Å². The molecule has 0 saturated carbocycles. The third kappa shape index (κ3) is 4.22. The predicted molar refractivity (Wildman–Crippen MR) is 124 cm³/mol. The second kappa shape index (κ2) is 8.57. The first-order valence-electron chi connectivity index (χ1n) is 10.6. The topological polar surface area (TPSA) is 66.1 Å². The zero-order chi connectivity index (χ0) is 21.2. The lowest BCUT2D eigenvalue weighted by Gasteiger charge is -2.30. The number of fused-ring (bicyclic) bond motifs is 1. The van der Waals surface area contributed by atoms with Crippen LogP contribution in [0.2, 0.25) is 0 Å². The molecule has 31 heavy (non-hydrogen) atoms. The summed E-state index contributed by atoms with van der Waals surface area (Å²) in [6, 6.07) is 21.5. The molecular weight excluding hydrogens is 406 g/mol. The van der Waals surface area contributed by atoms with Gasteiger partial charge in [-0.1, -0.05) is 60.7 Å². The molecule has 0 bridgehead atoms. The maximum Gasteiger partial charge on any atom is 0.259 e. The first-order valence-corrected chi connectivity index (χ1v) is 11.4. The summed E-state index contributed by atoms with van der Waals surface area (Å²) in [5.41, 5.74) is 1.80. The molecule has 0 atom stereocenters. The van der Waals surface area contributed by atoms with E-state index in [2.05, 4.69) is 9.88 Å². The number of aromatic amines is 1. The second-order valence-corrected chi connectivity index (χ2v) is 9.02. The molecule has 0 spiro atoms. The Balaban J connectivity index is 1.28. The summed E-state index contributed by atoms with van der Waals surface area (Å²) in [6.45, 7) is 2.24. The van der Waals surface area contributed by atoms with Crippen molar-refractivity contribution in [2.45, 2.75) is 19.4 Å². The highest BCUT2D eigenvalue weighted by Gasteiger charge is 2.26. The molecule has 1 saturated heterocycles. The molecule has 156 valence electrons. The average Bonchev–Trinajstić information content (AvgIpc) is 3.25. The maximum absolute atomic E-state index is 12.7. The summed E-state index contributed by atoms with van der Waals surface area (Å²) in [5, 5.41) is 0.639. The van der Waals surface area contributed by atoms with E-state index in [0.29, 0.717) is 17.8 Å². The van der Waals surface area contributed by atoms with Crippen LogP contribution >= 0.6 is 11.3 Å². The number of carbonyl (C=O) groups excluding carboxylic acids is 1. The Bertz CT molecular complexity index is 1260. The lowest BCUT2D eigenvalue weighted by molar-refractivity contribution is 0.0833. The van der Waals surface area contributed by atoms with Crippen LogP contribution in [0, 0.1) is 5.92 Å². The molecule has 0 amide bonds. The van der Waals surface area contributed by atoms with Gasteiger partial charge in [-0.25, -0.2) is 4.98 Å². The lowest BCUT2D eigenvalue weighted by atomic mass is 9.89. The molecule has 6 heteroatoms. The lowest BCUT2D eigenvalue weighted by Crippen LogP contribution is -2.36. The number of nitrogens with zero attached hydrogens (tertiary/aromatic N) is 2. The number of hydrogen-bond acceptors (Lipinski definition) is 5. The number of ketones is 1. The van der Waals surface area contributed by atoms with E-state index in [-0.39, 0.29) is 17.3 Å². The van der Waals surface area contributed by atoms with E-state index < -0.39 is 0 Å². The van der Waals surface area contributed by atoms with Gasteiger partial charge < -0.3 is 4.98 Å². The summed E-state index contributed by atoms with van der Waals surface area (Å²) >= 11 is 1.55. The van der Waals surface area contributed by atoms with Crippen molar-refractivity contribution in [3.05, 3.63) is 88.5 Å². The molecule has 0 unspecified atom stereocenters. The normalized spacial score (nSPS) is 15.4. The van der Waals surface area contributed by atoms with E-state index in [9.17, 15) is 9.59 Å². The molecule has 2 aromatic heterocycles. The number of nitrogens with one attached hydrogen (secondary N) is 1. The largest absolute Gasteiger partial charge is 0.309 e. The van der Waals surface area contributed by atoms with Crippen molar-refractivity contribution in [3.8, 4) is 10.4 Å². The molecule has 1 aliphatic rings. The highest BCUT2D eigenvalue weighted by Crippen LogP contribution is 2.31. The molecular formula is C25H23N3O2S. The SMILES string of the molecule is O=C(c1ccccc1)C1CCN(Cc2nc3sc(-c4ccccc4)cc3c(=O)[nH]2)CC1.